The summed E-state index contributed by atoms with van der Waals surface area (Å²) in [5.41, 5.74) is 2.84. The van der Waals surface area contributed by atoms with Gasteiger partial charge < -0.3 is 10.6 Å². The number of amides is 1. The first-order chi connectivity index (χ1) is 19.2. The molecule has 2 aliphatic rings. The molecule has 4 nitrogen and oxygen atoms in total. The van der Waals surface area contributed by atoms with Gasteiger partial charge in [0.05, 0.1) is 6.04 Å². The lowest BCUT2D eigenvalue weighted by atomic mass is 9.86. The second-order valence-corrected chi connectivity index (χ2v) is 13.5. The Labute approximate surface area is 244 Å². The van der Waals surface area contributed by atoms with E-state index >= 15 is 0 Å². The van der Waals surface area contributed by atoms with Gasteiger partial charge in [0.2, 0.25) is 5.91 Å². The summed E-state index contributed by atoms with van der Waals surface area (Å²) in [4.78, 5) is 13.8. The fourth-order valence-electron chi connectivity index (χ4n) is 5.50. The number of rotatable bonds is 9. The topological polar surface area (TPSA) is 44.4 Å². The summed E-state index contributed by atoms with van der Waals surface area (Å²) in [6.45, 7) is 9.06. The van der Waals surface area contributed by atoms with Crippen molar-refractivity contribution in [3.05, 3.63) is 64.7 Å². The van der Waals surface area contributed by atoms with Crippen molar-refractivity contribution in [2.24, 2.45) is 5.41 Å². The highest BCUT2D eigenvalue weighted by Gasteiger charge is 2.58. The lowest BCUT2D eigenvalue weighted by Gasteiger charge is -2.35. The number of carbonyl (C=O) groups excluding carboxylic acids is 1. The first-order valence-corrected chi connectivity index (χ1v) is 15.1. The van der Waals surface area contributed by atoms with Crippen molar-refractivity contribution in [3.8, 4) is 0 Å². The molecule has 2 aromatic rings. The maximum absolute atomic E-state index is 13.7. The smallest absolute Gasteiger partial charge is 0.349 e. The molecular formula is C31H40F5N3OS. The van der Waals surface area contributed by atoms with Crippen molar-refractivity contribution in [3.63, 3.8) is 0 Å². The lowest BCUT2D eigenvalue weighted by molar-refractivity contribution is -0.289. The van der Waals surface area contributed by atoms with E-state index in [1.165, 1.54) is 40.8 Å². The van der Waals surface area contributed by atoms with Crippen LogP contribution >= 0.6 is 11.9 Å². The van der Waals surface area contributed by atoms with Gasteiger partial charge in [-0.25, -0.2) is 4.31 Å². The second kappa shape index (κ2) is 13.0. The zero-order valence-electron chi connectivity index (χ0n) is 23.9. The molecular weight excluding hydrogens is 557 g/mol. The number of fused-ring (bicyclic) bond motifs is 1. The van der Waals surface area contributed by atoms with E-state index < -0.39 is 17.7 Å². The molecule has 2 atom stereocenters. The number of aryl methyl sites for hydroxylation is 1. The number of hydrogen-bond donors (Lipinski definition) is 2. The molecule has 1 fully saturated rings. The number of nitrogens with one attached hydrogen (secondary N) is 2. The molecule has 1 aliphatic carbocycles. The molecule has 1 amide bonds. The molecule has 0 unspecified atom stereocenters. The number of piperidine rings is 1. The van der Waals surface area contributed by atoms with E-state index in [4.69, 9.17) is 0 Å². The Hall–Kier alpha value is -2.17. The van der Waals surface area contributed by atoms with Crippen molar-refractivity contribution >= 4 is 17.9 Å². The first kappa shape index (κ1) is 31.8. The normalized spacial score (nSPS) is 20.5. The minimum atomic E-state index is -5.64. The summed E-state index contributed by atoms with van der Waals surface area (Å²) < 4.78 is 67.5. The van der Waals surface area contributed by atoms with Gasteiger partial charge in [-0.3, -0.25) is 4.79 Å². The number of alkyl halides is 5. The predicted molar refractivity (Wildman–Crippen MR) is 153 cm³/mol. The lowest BCUT2D eigenvalue weighted by Crippen LogP contribution is -2.40. The largest absolute Gasteiger partial charge is 0.458 e. The minimum absolute atomic E-state index is 0.0311. The third-order valence-electron chi connectivity index (χ3n) is 7.63. The third kappa shape index (κ3) is 8.45. The van der Waals surface area contributed by atoms with Gasteiger partial charge in [0.15, 0.2) is 0 Å². The van der Waals surface area contributed by atoms with Crippen LogP contribution in [0.2, 0.25) is 0 Å². The molecule has 1 aliphatic heterocycles. The van der Waals surface area contributed by atoms with E-state index in [0.717, 1.165) is 63.7 Å². The maximum atomic E-state index is 13.7. The molecule has 0 aromatic heterocycles. The van der Waals surface area contributed by atoms with Gasteiger partial charge in [-0.1, -0.05) is 57.5 Å². The fraction of sp³-hybridized carbons (Fsp3) is 0.581. The number of carbonyl (C=O) groups is 1. The van der Waals surface area contributed by atoms with Crippen molar-refractivity contribution < 1.29 is 26.7 Å². The van der Waals surface area contributed by atoms with E-state index in [1.54, 1.807) is 0 Å². The SMILES string of the molecule is CC(C)(C)CNCc1ccc2c(c1)CCC[C@H]2NC(=O)C[C@@H]1CCCCN1Sc1ccc(C(F)(F)C(F)(F)F)cc1. The maximum Gasteiger partial charge on any atom is 0.458 e. The Morgan fingerprint density at radius 1 is 0.976 bits per heavy atom. The van der Waals surface area contributed by atoms with Gasteiger partial charge in [-0.15, -0.1) is 0 Å². The molecule has 41 heavy (non-hydrogen) atoms. The van der Waals surface area contributed by atoms with Crippen LogP contribution in [-0.4, -0.2) is 35.5 Å². The Morgan fingerprint density at radius 3 is 2.39 bits per heavy atom. The Balaban J connectivity index is 1.35. The Morgan fingerprint density at radius 2 is 1.71 bits per heavy atom. The van der Waals surface area contributed by atoms with Crippen LogP contribution in [0.5, 0.6) is 0 Å². The van der Waals surface area contributed by atoms with Gasteiger partial charge in [0.1, 0.15) is 0 Å². The molecule has 0 spiro atoms. The van der Waals surface area contributed by atoms with E-state index in [0.29, 0.717) is 17.9 Å². The highest BCUT2D eigenvalue weighted by atomic mass is 32.2. The molecule has 226 valence electrons. The monoisotopic (exact) mass is 597 g/mol. The minimum Gasteiger partial charge on any atom is -0.349 e. The van der Waals surface area contributed by atoms with E-state index in [9.17, 15) is 26.7 Å². The summed E-state index contributed by atoms with van der Waals surface area (Å²) in [5, 5.41) is 6.77. The predicted octanol–water partition coefficient (Wildman–Crippen LogP) is 7.92. The van der Waals surface area contributed by atoms with Gasteiger partial charge in [0.25, 0.3) is 0 Å². The molecule has 0 saturated carbocycles. The molecule has 0 bridgehead atoms. The first-order valence-electron chi connectivity index (χ1n) is 14.3. The Bertz CT molecular complexity index is 1180. The molecule has 2 aromatic carbocycles. The fourth-order valence-corrected chi connectivity index (χ4v) is 6.58. The van der Waals surface area contributed by atoms with Crippen LogP contribution in [0.15, 0.2) is 47.4 Å². The second-order valence-electron chi connectivity index (χ2n) is 12.4. The molecule has 0 radical (unpaired) electrons. The van der Waals surface area contributed by atoms with E-state index in [2.05, 4.69) is 53.9 Å². The number of hydrogen-bond acceptors (Lipinski definition) is 4. The van der Waals surface area contributed by atoms with Gasteiger partial charge in [-0.2, -0.15) is 22.0 Å². The highest BCUT2D eigenvalue weighted by molar-refractivity contribution is 7.97. The highest BCUT2D eigenvalue weighted by Crippen LogP contribution is 2.44. The van der Waals surface area contributed by atoms with Gasteiger partial charge in [-0.05, 0) is 78.3 Å². The van der Waals surface area contributed by atoms with Crippen molar-refractivity contribution in [1.82, 2.24) is 14.9 Å². The van der Waals surface area contributed by atoms with Crippen LogP contribution in [0.1, 0.15) is 87.6 Å². The van der Waals surface area contributed by atoms with Crippen molar-refractivity contribution in [2.75, 3.05) is 13.1 Å². The molecule has 2 N–H and O–H groups in total. The van der Waals surface area contributed by atoms with Crippen LogP contribution in [-0.2, 0) is 23.7 Å². The average Bonchev–Trinajstić information content (AvgIpc) is 2.89. The summed E-state index contributed by atoms with van der Waals surface area (Å²) in [7, 11) is 0. The summed E-state index contributed by atoms with van der Waals surface area (Å²) >= 11 is 1.31. The molecule has 10 heteroatoms. The van der Waals surface area contributed by atoms with E-state index in [-0.39, 0.29) is 23.4 Å². The van der Waals surface area contributed by atoms with E-state index in [1.807, 2.05) is 0 Å². The number of benzene rings is 2. The van der Waals surface area contributed by atoms with Gasteiger partial charge >= 0.3 is 12.1 Å². The molecule has 1 heterocycles. The summed E-state index contributed by atoms with van der Waals surface area (Å²) in [6.07, 6.45) is 0.272. The zero-order valence-corrected chi connectivity index (χ0v) is 24.7. The number of nitrogens with zero attached hydrogens (tertiary/aromatic N) is 1. The summed E-state index contributed by atoms with van der Waals surface area (Å²) in [6, 6.07) is 10.7. The van der Waals surface area contributed by atoms with Crippen molar-refractivity contribution in [1.29, 1.82) is 0 Å². The molecule has 1 saturated heterocycles. The van der Waals surface area contributed by atoms with Crippen LogP contribution in [0, 0.1) is 5.41 Å². The summed E-state index contributed by atoms with van der Waals surface area (Å²) in [5.74, 6) is -4.93. The van der Waals surface area contributed by atoms with Gasteiger partial charge in [0, 0.05) is 42.6 Å². The average molecular weight is 598 g/mol. The third-order valence-corrected chi connectivity index (χ3v) is 8.83. The Kier molecular flexibility index (Phi) is 10.1. The zero-order chi connectivity index (χ0) is 29.8. The van der Waals surface area contributed by atoms with Crippen LogP contribution in [0.25, 0.3) is 0 Å². The van der Waals surface area contributed by atoms with Crippen LogP contribution < -0.4 is 10.6 Å². The van der Waals surface area contributed by atoms with Crippen LogP contribution in [0.4, 0.5) is 22.0 Å². The van der Waals surface area contributed by atoms with Crippen molar-refractivity contribution in [2.45, 2.75) is 101 Å². The number of halogens is 5. The standard InChI is InChI=1S/C31H40F5N3OS/c1-29(2,3)20-37-19-21-10-15-26-22(17-21)7-6-9-27(26)38-28(40)18-24-8-4-5-16-39(24)41-25-13-11-23(12-14-25)30(32,33)31(34,35)36/h10-15,17,24,27,37H,4-9,16,18-20H2,1-3H3,(H,38,40)/t24-,27+/m0/s1. The quantitative estimate of drug-likeness (QED) is 0.228. The van der Waals surface area contributed by atoms with Crippen LogP contribution in [0.3, 0.4) is 0 Å². The molecule has 4 rings (SSSR count).